The minimum atomic E-state index is -0.967. The summed E-state index contributed by atoms with van der Waals surface area (Å²) in [5, 5.41) is 4.46. The number of aromatic nitrogens is 1. The van der Waals surface area contributed by atoms with Gasteiger partial charge < -0.3 is 4.74 Å². The van der Waals surface area contributed by atoms with Crippen molar-refractivity contribution in [3.05, 3.63) is 35.2 Å². The predicted octanol–water partition coefficient (Wildman–Crippen LogP) is 3.61. The Morgan fingerprint density at radius 1 is 1.36 bits per heavy atom. The van der Waals surface area contributed by atoms with E-state index < -0.39 is 23.6 Å². The number of anilines is 1. The summed E-state index contributed by atoms with van der Waals surface area (Å²) in [7, 11) is 0. The molecule has 1 aromatic heterocycles. The number of benzene rings is 1. The summed E-state index contributed by atoms with van der Waals surface area (Å²) >= 11 is 1.14. The Kier molecular flexibility index (Phi) is 4.80. The number of hydrogen-bond acceptors (Lipinski definition) is 5. The first-order chi connectivity index (χ1) is 11.8. The predicted molar refractivity (Wildman–Crippen MR) is 88.9 cm³/mol. The topological polar surface area (TPSA) is 68.3 Å². The Morgan fingerprint density at radius 2 is 2.08 bits per heavy atom. The zero-order valence-electron chi connectivity index (χ0n) is 13.6. The third kappa shape index (κ3) is 4.01. The number of halogens is 2. The summed E-state index contributed by atoms with van der Waals surface area (Å²) < 4.78 is 31.4. The van der Waals surface area contributed by atoms with Crippen LogP contribution in [0.3, 0.4) is 0 Å². The first kappa shape index (κ1) is 17.5. The molecule has 1 heterocycles. The number of rotatable bonds is 5. The van der Waals surface area contributed by atoms with Crippen molar-refractivity contribution in [1.29, 1.82) is 0 Å². The summed E-state index contributed by atoms with van der Waals surface area (Å²) in [5.41, 5.74) is 0.813. The molecule has 3 rings (SSSR count). The Balaban J connectivity index is 1.61. The monoisotopic (exact) mass is 366 g/mol. The Labute approximate surface area is 147 Å². The maximum Gasteiger partial charge on any atom is 0.309 e. The van der Waals surface area contributed by atoms with Gasteiger partial charge in [0.1, 0.15) is 0 Å². The van der Waals surface area contributed by atoms with Gasteiger partial charge in [0.15, 0.2) is 22.9 Å². The quantitative estimate of drug-likeness (QED) is 0.821. The lowest BCUT2D eigenvalue weighted by molar-refractivity contribution is -0.154. The molecule has 0 saturated heterocycles. The van der Waals surface area contributed by atoms with Crippen molar-refractivity contribution >= 4 is 28.3 Å². The van der Waals surface area contributed by atoms with Crippen LogP contribution in [0, 0.1) is 23.5 Å². The van der Waals surface area contributed by atoms with Gasteiger partial charge in [-0.1, -0.05) is 6.92 Å². The number of nitrogens with zero attached hydrogens (tertiary/aromatic N) is 1. The van der Waals surface area contributed by atoms with E-state index in [-0.39, 0.29) is 17.0 Å². The van der Waals surface area contributed by atoms with Crippen LogP contribution in [-0.4, -0.2) is 23.0 Å². The van der Waals surface area contributed by atoms with Crippen molar-refractivity contribution in [3.8, 4) is 11.3 Å². The number of carbonyl (C=O) groups is 2. The zero-order valence-corrected chi connectivity index (χ0v) is 14.4. The summed E-state index contributed by atoms with van der Waals surface area (Å²) in [6.07, 6.45) is -0.145. The van der Waals surface area contributed by atoms with Gasteiger partial charge in [0.25, 0.3) is 5.91 Å². The van der Waals surface area contributed by atoms with Gasteiger partial charge in [-0.3, -0.25) is 14.9 Å². The molecule has 0 unspecified atom stereocenters. The van der Waals surface area contributed by atoms with E-state index in [2.05, 4.69) is 10.3 Å². The Bertz CT molecular complexity index is 824. The normalized spacial score (nSPS) is 20.0. The van der Waals surface area contributed by atoms with Crippen LogP contribution in [0.5, 0.6) is 0 Å². The van der Waals surface area contributed by atoms with Crippen LogP contribution in [0.15, 0.2) is 23.6 Å². The number of thiazole rings is 1. The van der Waals surface area contributed by atoms with E-state index in [9.17, 15) is 18.4 Å². The van der Waals surface area contributed by atoms with Crippen LogP contribution in [0.4, 0.5) is 13.9 Å². The van der Waals surface area contributed by atoms with Crippen molar-refractivity contribution in [1.82, 2.24) is 4.98 Å². The molecule has 0 radical (unpaired) electrons. The first-order valence-electron chi connectivity index (χ1n) is 7.77. The molecular formula is C17H16F2N2O3S. The van der Waals surface area contributed by atoms with Gasteiger partial charge in [-0.15, -0.1) is 11.3 Å². The van der Waals surface area contributed by atoms with Crippen LogP contribution in [0.25, 0.3) is 11.3 Å². The SMILES string of the molecule is C[C@H](OC(=O)[C@H]1C[C@@H]1C)C(=O)Nc1nc(-c2ccc(F)c(F)c2)cs1. The fourth-order valence-corrected chi connectivity index (χ4v) is 3.01. The van der Waals surface area contributed by atoms with Crippen LogP contribution < -0.4 is 5.32 Å². The number of hydrogen-bond donors (Lipinski definition) is 1. The molecular weight excluding hydrogens is 350 g/mol. The second kappa shape index (κ2) is 6.87. The molecule has 5 nitrogen and oxygen atoms in total. The minimum Gasteiger partial charge on any atom is -0.452 e. The molecule has 1 saturated carbocycles. The zero-order chi connectivity index (χ0) is 18.1. The van der Waals surface area contributed by atoms with Crippen molar-refractivity contribution in [2.45, 2.75) is 26.4 Å². The van der Waals surface area contributed by atoms with E-state index in [4.69, 9.17) is 4.74 Å². The molecule has 25 heavy (non-hydrogen) atoms. The van der Waals surface area contributed by atoms with E-state index in [0.717, 1.165) is 29.9 Å². The molecule has 1 aliphatic carbocycles. The second-order valence-electron chi connectivity index (χ2n) is 6.05. The van der Waals surface area contributed by atoms with Crippen molar-refractivity contribution in [3.63, 3.8) is 0 Å². The second-order valence-corrected chi connectivity index (χ2v) is 6.91. The first-order valence-corrected chi connectivity index (χ1v) is 8.65. The molecule has 8 heteroatoms. The lowest BCUT2D eigenvalue weighted by atomic mass is 10.2. The molecule has 0 aliphatic heterocycles. The number of carbonyl (C=O) groups excluding carboxylic acids is 2. The van der Waals surface area contributed by atoms with Crippen molar-refractivity contribution < 1.29 is 23.1 Å². The molecule has 1 fully saturated rings. The summed E-state index contributed by atoms with van der Waals surface area (Å²) in [5.74, 6) is -2.57. The number of nitrogens with one attached hydrogen (secondary N) is 1. The molecule has 0 bridgehead atoms. The number of amides is 1. The van der Waals surface area contributed by atoms with Crippen LogP contribution in [0.1, 0.15) is 20.3 Å². The average Bonchev–Trinajstić information content (AvgIpc) is 3.12. The van der Waals surface area contributed by atoms with E-state index in [1.807, 2.05) is 6.92 Å². The Morgan fingerprint density at radius 3 is 2.72 bits per heavy atom. The maximum atomic E-state index is 13.3. The number of esters is 1. The Hall–Kier alpha value is -2.35. The van der Waals surface area contributed by atoms with Crippen LogP contribution in [0.2, 0.25) is 0 Å². The lowest BCUT2D eigenvalue weighted by Crippen LogP contribution is -2.30. The largest absolute Gasteiger partial charge is 0.452 e. The molecule has 3 atom stereocenters. The van der Waals surface area contributed by atoms with Gasteiger partial charge in [-0.05, 0) is 37.5 Å². The standard InChI is InChI=1S/C17H16F2N2O3S/c1-8-5-11(8)16(23)24-9(2)15(22)21-17-20-14(7-25-17)10-3-4-12(18)13(19)6-10/h3-4,6-9,11H,5H2,1-2H3,(H,20,21,22)/t8-,9-,11-/m0/s1. The highest BCUT2D eigenvalue weighted by Gasteiger charge is 2.41. The smallest absolute Gasteiger partial charge is 0.309 e. The van der Waals surface area contributed by atoms with Crippen molar-refractivity contribution in [2.24, 2.45) is 11.8 Å². The number of ether oxygens (including phenoxy) is 1. The van der Waals surface area contributed by atoms with Gasteiger partial charge in [0.2, 0.25) is 0 Å². The van der Waals surface area contributed by atoms with E-state index in [1.54, 1.807) is 5.38 Å². The minimum absolute atomic E-state index is 0.116. The van der Waals surface area contributed by atoms with Crippen LogP contribution in [-0.2, 0) is 14.3 Å². The molecule has 2 aromatic rings. The highest BCUT2D eigenvalue weighted by atomic mass is 32.1. The molecule has 1 aromatic carbocycles. The summed E-state index contributed by atoms with van der Waals surface area (Å²) in [4.78, 5) is 28.0. The van der Waals surface area contributed by atoms with Gasteiger partial charge in [-0.25, -0.2) is 13.8 Å². The van der Waals surface area contributed by atoms with E-state index >= 15 is 0 Å². The third-order valence-electron chi connectivity index (χ3n) is 4.02. The lowest BCUT2D eigenvalue weighted by Gasteiger charge is -2.12. The highest BCUT2D eigenvalue weighted by Crippen LogP contribution is 2.38. The average molecular weight is 366 g/mol. The fraction of sp³-hybridized carbons (Fsp3) is 0.353. The van der Waals surface area contributed by atoms with Gasteiger partial charge in [0.05, 0.1) is 11.6 Å². The van der Waals surface area contributed by atoms with Gasteiger partial charge >= 0.3 is 5.97 Å². The fourth-order valence-electron chi connectivity index (χ4n) is 2.29. The van der Waals surface area contributed by atoms with E-state index in [1.165, 1.54) is 13.0 Å². The highest BCUT2D eigenvalue weighted by molar-refractivity contribution is 7.14. The van der Waals surface area contributed by atoms with Gasteiger partial charge in [-0.2, -0.15) is 0 Å². The maximum absolute atomic E-state index is 13.3. The molecule has 1 N–H and O–H groups in total. The molecule has 132 valence electrons. The third-order valence-corrected chi connectivity index (χ3v) is 4.78. The summed E-state index contributed by atoms with van der Waals surface area (Å²) in [6.45, 7) is 3.44. The van der Waals surface area contributed by atoms with Gasteiger partial charge in [0, 0.05) is 10.9 Å². The van der Waals surface area contributed by atoms with Crippen LogP contribution >= 0.6 is 11.3 Å². The molecule has 0 spiro atoms. The van der Waals surface area contributed by atoms with E-state index in [0.29, 0.717) is 17.2 Å². The van der Waals surface area contributed by atoms with Crippen molar-refractivity contribution in [2.75, 3.05) is 5.32 Å². The molecule has 1 aliphatic rings. The molecule has 1 amide bonds. The summed E-state index contributed by atoms with van der Waals surface area (Å²) in [6, 6.07) is 3.46.